The molecule has 17 heavy (non-hydrogen) atoms. The molecular weight excluding hydrogens is 214 g/mol. The fourth-order valence-electron chi connectivity index (χ4n) is 1.86. The molecule has 1 rings (SSSR count). The molecule has 0 aromatic carbocycles. The van der Waals surface area contributed by atoms with Crippen molar-refractivity contribution in [3.8, 4) is 0 Å². The maximum absolute atomic E-state index is 5.69. The first-order valence-electron chi connectivity index (χ1n) is 6.22. The van der Waals surface area contributed by atoms with Crippen LogP contribution >= 0.6 is 0 Å². The summed E-state index contributed by atoms with van der Waals surface area (Å²) in [5, 5.41) is 0. The van der Waals surface area contributed by atoms with Gasteiger partial charge in [-0.25, -0.2) is 9.97 Å². The standard InChI is InChI=1S/C13H23N3O/c1-5-6-11(17-4)13-15-8-10(7-14)12(16-13)9(2)3/h8-9,11H,5-7,14H2,1-4H3. The molecule has 0 radical (unpaired) electrons. The minimum Gasteiger partial charge on any atom is -0.373 e. The van der Waals surface area contributed by atoms with Crippen LogP contribution in [-0.2, 0) is 11.3 Å². The van der Waals surface area contributed by atoms with Crippen LogP contribution in [0.3, 0.4) is 0 Å². The molecule has 0 spiro atoms. The Balaban J connectivity index is 3.05. The molecule has 0 aliphatic rings. The Hall–Kier alpha value is -1.00. The van der Waals surface area contributed by atoms with E-state index in [0.29, 0.717) is 12.5 Å². The summed E-state index contributed by atoms with van der Waals surface area (Å²) in [6, 6.07) is 0. The molecule has 0 saturated carbocycles. The molecule has 4 heteroatoms. The highest BCUT2D eigenvalue weighted by Crippen LogP contribution is 2.22. The van der Waals surface area contributed by atoms with E-state index in [1.165, 1.54) is 0 Å². The minimum atomic E-state index is -0.00988. The second-order valence-corrected chi connectivity index (χ2v) is 4.51. The van der Waals surface area contributed by atoms with Crippen LogP contribution in [0.2, 0.25) is 0 Å². The lowest BCUT2D eigenvalue weighted by Crippen LogP contribution is -2.13. The van der Waals surface area contributed by atoms with E-state index in [2.05, 4.69) is 30.7 Å². The van der Waals surface area contributed by atoms with Gasteiger partial charge in [0.25, 0.3) is 0 Å². The predicted octanol–water partition coefficient (Wildman–Crippen LogP) is 2.55. The lowest BCUT2D eigenvalue weighted by Gasteiger charge is -2.16. The number of methoxy groups -OCH3 is 1. The molecule has 4 nitrogen and oxygen atoms in total. The lowest BCUT2D eigenvalue weighted by atomic mass is 10.0. The number of rotatable bonds is 6. The molecule has 0 aliphatic carbocycles. The van der Waals surface area contributed by atoms with Crippen molar-refractivity contribution in [3.63, 3.8) is 0 Å². The van der Waals surface area contributed by atoms with E-state index in [9.17, 15) is 0 Å². The molecule has 1 unspecified atom stereocenters. The molecule has 1 heterocycles. The van der Waals surface area contributed by atoms with Gasteiger partial charge in [0.1, 0.15) is 6.10 Å². The minimum absolute atomic E-state index is 0.00988. The van der Waals surface area contributed by atoms with E-state index in [4.69, 9.17) is 10.5 Å². The van der Waals surface area contributed by atoms with E-state index in [1.807, 2.05) is 6.20 Å². The number of nitrogens with zero attached hydrogens (tertiary/aromatic N) is 2. The Labute approximate surface area is 104 Å². The molecule has 0 aliphatic heterocycles. The van der Waals surface area contributed by atoms with E-state index in [1.54, 1.807) is 7.11 Å². The zero-order valence-electron chi connectivity index (χ0n) is 11.2. The number of nitrogens with two attached hydrogens (primary N) is 1. The SMILES string of the molecule is CCCC(OC)c1ncc(CN)c(C(C)C)n1. The van der Waals surface area contributed by atoms with Crippen molar-refractivity contribution in [2.75, 3.05) is 7.11 Å². The maximum atomic E-state index is 5.69. The van der Waals surface area contributed by atoms with Crippen molar-refractivity contribution < 1.29 is 4.74 Å². The van der Waals surface area contributed by atoms with Gasteiger partial charge in [0.05, 0.1) is 5.69 Å². The van der Waals surface area contributed by atoms with Crippen LogP contribution in [0.5, 0.6) is 0 Å². The summed E-state index contributed by atoms with van der Waals surface area (Å²) in [4.78, 5) is 8.98. The third-order valence-electron chi connectivity index (χ3n) is 2.81. The van der Waals surface area contributed by atoms with Crippen LogP contribution in [0.1, 0.15) is 62.7 Å². The lowest BCUT2D eigenvalue weighted by molar-refractivity contribution is 0.0873. The molecule has 1 aromatic rings. The number of ether oxygens (including phenoxy) is 1. The zero-order valence-corrected chi connectivity index (χ0v) is 11.2. The number of aromatic nitrogens is 2. The van der Waals surface area contributed by atoms with Crippen molar-refractivity contribution in [2.45, 2.75) is 52.2 Å². The summed E-state index contributed by atoms with van der Waals surface area (Å²) in [7, 11) is 1.70. The molecule has 2 N–H and O–H groups in total. The van der Waals surface area contributed by atoms with E-state index in [0.717, 1.165) is 29.9 Å². The van der Waals surface area contributed by atoms with Crippen molar-refractivity contribution in [1.29, 1.82) is 0 Å². The fourth-order valence-corrected chi connectivity index (χ4v) is 1.86. The normalized spacial score (nSPS) is 13.1. The second-order valence-electron chi connectivity index (χ2n) is 4.51. The van der Waals surface area contributed by atoms with E-state index in [-0.39, 0.29) is 6.10 Å². The molecule has 0 amide bonds. The predicted molar refractivity (Wildman–Crippen MR) is 68.7 cm³/mol. The Bertz CT molecular complexity index is 353. The van der Waals surface area contributed by atoms with Gasteiger partial charge in [0, 0.05) is 25.4 Å². The summed E-state index contributed by atoms with van der Waals surface area (Å²) in [5.41, 5.74) is 7.76. The first-order valence-corrected chi connectivity index (χ1v) is 6.22. The van der Waals surface area contributed by atoms with Gasteiger partial charge in [0.15, 0.2) is 5.82 Å². The van der Waals surface area contributed by atoms with Gasteiger partial charge in [-0.3, -0.25) is 0 Å². The van der Waals surface area contributed by atoms with Crippen molar-refractivity contribution in [1.82, 2.24) is 9.97 Å². The monoisotopic (exact) mass is 237 g/mol. The topological polar surface area (TPSA) is 61.0 Å². The molecule has 0 fully saturated rings. The van der Waals surface area contributed by atoms with E-state index < -0.39 is 0 Å². The van der Waals surface area contributed by atoms with Crippen LogP contribution in [0.4, 0.5) is 0 Å². The maximum Gasteiger partial charge on any atom is 0.157 e. The van der Waals surface area contributed by atoms with Gasteiger partial charge >= 0.3 is 0 Å². The first kappa shape index (κ1) is 14.1. The molecule has 1 aromatic heterocycles. The summed E-state index contributed by atoms with van der Waals surface area (Å²) in [6.45, 7) is 6.85. The van der Waals surface area contributed by atoms with Crippen LogP contribution in [0.25, 0.3) is 0 Å². The second kappa shape index (κ2) is 6.67. The number of hydrogen-bond donors (Lipinski definition) is 1. The summed E-state index contributed by atoms with van der Waals surface area (Å²) >= 11 is 0. The van der Waals surface area contributed by atoms with Gasteiger partial charge in [0.2, 0.25) is 0 Å². The molecule has 1 atom stereocenters. The fraction of sp³-hybridized carbons (Fsp3) is 0.692. The van der Waals surface area contributed by atoms with Gasteiger partial charge in [-0.1, -0.05) is 27.2 Å². The summed E-state index contributed by atoms with van der Waals surface area (Å²) in [6.07, 6.45) is 3.82. The third-order valence-corrected chi connectivity index (χ3v) is 2.81. The van der Waals surface area contributed by atoms with Crippen molar-refractivity contribution >= 4 is 0 Å². The summed E-state index contributed by atoms with van der Waals surface area (Å²) in [5.74, 6) is 1.13. The first-order chi connectivity index (χ1) is 8.13. The summed E-state index contributed by atoms with van der Waals surface area (Å²) < 4.78 is 5.43. The Morgan fingerprint density at radius 2 is 2.12 bits per heavy atom. The Morgan fingerprint density at radius 1 is 1.41 bits per heavy atom. The van der Waals surface area contributed by atoms with Crippen LogP contribution in [0.15, 0.2) is 6.20 Å². The highest BCUT2D eigenvalue weighted by molar-refractivity contribution is 5.21. The van der Waals surface area contributed by atoms with E-state index >= 15 is 0 Å². The molecule has 0 bridgehead atoms. The van der Waals surface area contributed by atoms with Gasteiger partial charge in [-0.2, -0.15) is 0 Å². The Morgan fingerprint density at radius 3 is 2.59 bits per heavy atom. The molecule has 96 valence electrons. The largest absolute Gasteiger partial charge is 0.373 e. The van der Waals surface area contributed by atoms with Crippen molar-refractivity contribution in [2.24, 2.45) is 5.73 Å². The quantitative estimate of drug-likeness (QED) is 0.826. The van der Waals surface area contributed by atoms with Crippen molar-refractivity contribution in [3.05, 3.63) is 23.3 Å². The number of hydrogen-bond acceptors (Lipinski definition) is 4. The average Bonchev–Trinajstić information content (AvgIpc) is 2.35. The smallest absolute Gasteiger partial charge is 0.157 e. The van der Waals surface area contributed by atoms with Gasteiger partial charge in [-0.15, -0.1) is 0 Å². The zero-order chi connectivity index (χ0) is 12.8. The van der Waals surface area contributed by atoms with Gasteiger partial charge in [-0.05, 0) is 12.3 Å². The van der Waals surface area contributed by atoms with Gasteiger partial charge < -0.3 is 10.5 Å². The highest BCUT2D eigenvalue weighted by Gasteiger charge is 2.16. The molecule has 0 saturated heterocycles. The van der Waals surface area contributed by atoms with Crippen LogP contribution in [0, 0.1) is 0 Å². The van der Waals surface area contributed by atoms with Crippen LogP contribution < -0.4 is 5.73 Å². The Kier molecular flexibility index (Phi) is 5.51. The third kappa shape index (κ3) is 3.48. The average molecular weight is 237 g/mol. The highest BCUT2D eigenvalue weighted by atomic mass is 16.5. The van der Waals surface area contributed by atoms with Crippen LogP contribution in [-0.4, -0.2) is 17.1 Å². The molecular formula is C13H23N3O.